The third-order valence-electron chi connectivity index (χ3n) is 3.86. The van der Waals surface area contributed by atoms with E-state index in [-0.39, 0.29) is 11.9 Å². The molecule has 0 aromatic heterocycles. The predicted molar refractivity (Wildman–Crippen MR) is 73.1 cm³/mol. The van der Waals surface area contributed by atoms with E-state index in [0.29, 0.717) is 13.1 Å². The Morgan fingerprint density at radius 3 is 2.21 bits per heavy atom. The number of carbonyl (C=O) groups excluding carboxylic acids is 1. The Morgan fingerprint density at radius 2 is 1.79 bits per heavy atom. The van der Waals surface area contributed by atoms with Crippen molar-refractivity contribution < 1.29 is 14.7 Å². The van der Waals surface area contributed by atoms with E-state index in [0.717, 1.165) is 26.1 Å². The zero-order chi connectivity index (χ0) is 14.4. The van der Waals surface area contributed by atoms with Crippen LogP contribution in [0.15, 0.2) is 0 Å². The highest BCUT2D eigenvalue weighted by molar-refractivity contribution is 5.82. The molecule has 1 heterocycles. The van der Waals surface area contributed by atoms with Gasteiger partial charge in [-0.3, -0.25) is 0 Å². The zero-order valence-electron chi connectivity index (χ0n) is 12.1. The summed E-state index contributed by atoms with van der Waals surface area (Å²) in [5.41, 5.74) is 0. The molecule has 6 nitrogen and oxygen atoms in total. The lowest BCUT2D eigenvalue weighted by Crippen LogP contribution is -2.55. The van der Waals surface area contributed by atoms with Crippen LogP contribution in [0, 0.1) is 5.92 Å². The molecule has 2 amide bonds. The molecule has 19 heavy (non-hydrogen) atoms. The topological polar surface area (TPSA) is 72.9 Å². The number of hydrogen-bond acceptors (Lipinski definition) is 3. The van der Waals surface area contributed by atoms with E-state index in [4.69, 9.17) is 5.11 Å². The van der Waals surface area contributed by atoms with Gasteiger partial charge >= 0.3 is 12.0 Å². The number of amides is 2. The number of nitrogens with one attached hydrogen (secondary N) is 1. The maximum Gasteiger partial charge on any atom is 0.326 e. The minimum atomic E-state index is -0.963. The van der Waals surface area contributed by atoms with Gasteiger partial charge in [0.05, 0.1) is 0 Å². The van der Waals surface area contributed by atoms with Crippen molar-refractivity contribution in [3.8, 4) is 0 Å². The second-order valence-electron chi connectivity index (χ2n) is 5.07. The molecule has 2 N–H and O–H groups in total. The largest absolute Gasteiger partial charge is 0.480 e. The summed E-state index contributed by atoms with van der Waals surface area (Å²) >= 11 is 0. The molecular weight excluding hydrogens is 246 g/mol. The molecular formula is C13H25N3O3. The van der Waals surface area contributed by atoms with E-state index < -0.39 is 12.0 Å². The van der Waals surface area contributed by atoms with Gasteiger partial charge in [0.25, 0.3) is 0 Å². The van der Waals surface area contributed by atoms with Crippen molar-refractivity contribution in [3.63, 3.8) is 0 Å². The number of carboxylic acid groups (broad SMARTS) is 1. The summed E-state index contributed by atoms with van der Waals surface area (Å²) in [4.78, 5) is 27.2. The molecule has 1 aliphatic heterocycles. The van der Waals surface area contributed by atoms with Crippen molar-refractivity contribution in [2.24, 2.45) is 5.92 Å². The Balaban J connectivity index is 2.51. The van der Waals surface area contributed by atoms with E-state index >= 15 is 0 Å². The quantitative estimate of drug-likeness (QED) is 0.777. The fourth-order valence-corrected chi connectivity index (χ4v) is 2.17. The summed E-state index contributed by atoms with van der Waals surface area (Å²) in [7, 11) is 0. The van der Waals surface area contributed by atoms with Crippen LogP contribution in [-0.4, -0.2) is 65.7 Å². The number of rotatable bonds is 5. The molecule has 0 spiro atoms. The van der Waals surface area contributed by atoms with Crippen molar-refractivity contribution in [3.05, 3.63) is 0 Å². The monoisotopic (exact) mass is 271 g/mol. The lowest BCUT2D eigenvalue weighted by atomic mass is 9.99. The fourth-order valence-electron chi connectivity index (χ4n) is 2.17. The summed E-state index contributed by atoms with van der Waals surface area (Å²) < 4.78 is 0. The first-order chi connectivity index (χ1) is 8.99. The average Bonchev–Trinajstić information content (AvgIpc) is 2.43. The van der Waals surface area contributed by atoms with Crippen LogP contribution in [-0.2, 0) is 4.79 Å². The highest BCUT2D eigenvalue weighted by Crippen LogP contribution is 2.09. The predicted octanol–water partition coefficient (Wildman–Crippen LogP) is 0.833. The van der Waals surface area contributed by atoms with Gasteiger partial charge in [0.1, 0.15) is 6.04 Å². The molecule has 6 heteroatoms. The van der Waals surface area contributed by atoms with E-state index in [1.807, 2.05) is 13.8 Å². The molecule has 0 aliphatic carbocycles. The second-order valence-corrected chi connectivity index (χ2v) is 5.07. The van der Waals surface area contributed by atoms with Crippen LogP contribution in [0.25, 0.3) is 0 Å². The smallest absolute Gasteiger partial charge is 0.326 e. The molecule has 0 aromatic rings. The van der Waals surface area contributed by atoms with Crippen molar-refractivity contribution in [1.82, 2.24) is 15.1 Å². The lowest BCUT2D eigenvalue weighted by Gasteiger charge is -2.35. The third-order valence-corrected chi connectivity index (χ3v) is 3.86. The summed E-state index contributed by atoms with van der Waals surface area (Å²) in [5.74, 6) is -1.03. The Hall–Kier alpha value is -1.30. The van der Waals surface area contributed by atoms with E-state index in [1.54, 1.807) is 4.90 Å². The number of likely N-dealkylation sites (N-methyl/N-ethyl adjacent to an activating group) is 1. The van der Waals surface area contributed by atoms with Gasteiger partial charge in [-0.15, -0.1) is 0 Å². The van der Waals surface area contributed by atoms with Crippen LogP contribution in [0.2, 0.25) is 0 Å². The number of aliphatic carboxylic acids is 1. The Labute approximate surface area is 114 Å². The molecule has 0 unspecified atom stereocenters. The summed E-state index contributed by atoms with van der Waals surface area (Å²) in [6, 6.07) is -1.06. The molecule has 1 aliphatic rings. The minimum Gasteiger partial charge on any atom is -0.480 e. The molecule has 0 radical (unpaired) electrons. The molecule has 0 bridgehead atoms. The molecule has 1 rings (SSSR count). The number of carboxylic acids is 1. The highest BCUT2D eigenvalue weighted by Gasteiger charge is 2.28. The summed E-state index contributed by atoms with van der Waals surface area (Å²) in [5, 5.41) is 11.8. The first-order valence-electron chi connectivity index (χ1n) is 7.00. The first kappa shape index (κ1) is 15.8. The molecule has 110 valence electrons. The maximum atomic E-state index is 12.1. The Bertz CT molecular complexity index is 314. The summed E-state index contributed by atoms with van der Waals surface area (Å²) in [6.45, 7) is 9.87. The SMILES string of the molecule is CC[C@H](C)[C@H](NC(=O)N1CCN(CC)CC1)C(=O)O. The van der Waals surface area contributed by atoms with Gasteiger partial charge in [-0.05, 0) is 12.5 Å². The zero-order valence-corrected chi connectivity index (χ0v) is 12.1. The van der Waals surface area contributed by atoms with Crippen molar-refractivity contribution in [2.75, 3.05) is 32.7 Å². The van der Waals surface area contributed by atoms with Crippen LogP contribution in [0.4, 0.5) is 4.79 Å². The van der Waals surface area contributed by atoms with Gasteiger partial charge in [0.15, 0.2) is 0 Å². The van der Waals surface area contributed by atoms with Gasteiger partial charge in [0.2, 0.25) is 0 Å². The normalized spacial score (nSPS) is 19.8. The first-order valence-corrected chi connectivity index (χ1v) is 7.00. The van der Waals surface area contributed by atoms with Gasteiger partial charge in [-0.2, -0.15) is 0 Å². The second kappa shape index (κ2) is 7.33. The minimum absolute atomic E-state index is 0.0709. The third kappa shape index (κ3) is 4.38. The van der Waals surface area contributed by atoms with Crippen LogP contribution in [0.1, 0.15) is 27.2 Å². The molecule has 2 atom stereocenters. The van der Waals surface area contributed by atoms with Gasteiger partial charge in [-0.1, -0.05) is 27.2 Å². The number of piperazine rings is 1. The summed E-state index contributed by atoms with van der Waals surface area (Å²) in [6.07, 6.45) is 0.723. The van der Waals surface area contributed by atoms with Crippen LogP contribution < -0.4 is 5.32 Å². The molecule has 1 saturated heterocycles. The molecule has 0 saturated carbocycles. The van der Waals surface area contributed by atoms with E-state index in [2.05, 4.69) is 17.1 Å². The van der Waals surface area contributed by atoms with E-state index in [1.165, 1.54) is 0 Å². The van der Waals surface area contributed by atoms with Gasteiger partial charge in [-0.25, -0.2) is 9.59 Å². The molecule has 1 fully saturated rings. The molecule has 0 aromatic carbocycles. The number of nitrogens with zero attached hydrogens (tertiary/aromatic N) is 2. The number of carbonyl (C=O) groups is 2. The van der Waals surface area contributed by atoms with Gasteiger partial charge < -0.3 is 20.2 Å². The fraction of sp³-hybridized carbons (Fsp3) is 0.846. The van der Waals surface area contributed by atoms with Crippen molar-refractivity contribution in [2.45, 2.75) is 33.2 Å². The van der Waals surface area contributed by atoms with Crippen molar-refractivity contribution >= 4 is 12.0 Å². The Morgan fingerprint density at radius 1 is 1.21 bits per heavy atom. The lowest BCUT2D eigenvalue weighted by molar-refractivity contribution is -0.140. The van der Waals surface area contributed by atoms with Crippen molar-refractivity contribution in [1.29, 1.82) is 0 Å². The standard InChI is InChI=1S/C13H25N3O3/c1-4-10(3)11(12(17)18)14-13(19)16-8-6-15(5-2)7-9-16/h10-11H,4-9H2,1-3H3,(H,14,19)(H,17,18)/t10-,11-/m0/s1. The van der Waals surface area contributed by atoms with Crippen LogP contribution in [0.3, 0.4) is 0 Å². The van der Waals surface area contributed by atoms with Crippen LogP contribution >= 0.6 is 0 Å². The van der Waals surface area contributed by atoms with Crippen LogP contribution in [0.5, 0.6) is 0 Å². The Kier molecular flexibility index (Phi) is 6.08. The maximum absolute atomic E-state index is 12.1. The average molecular weight is 271 g/mol. The highest BCUT2D eigenvalue weighted by atomic mass is 16.4. The number of urea groups is 1. The van der Waals surface area contributed by atoms with Gasteiger partial charge in [0, 0.05) is 26.2 Å². The number of hydrogen-bond donors (Lipinski definition) is 2. The van der Waals surface area contributed by atoms with E-state index in [9.17, 15) is 9.59 Å².